The van der Waals surface area contributed by atoms with Crippen molar-refractivity contribution >= 4 is 0 Å². The summed E-state index contributed by atoms with van der Waals surface area (Å²) in [6.45, 7) is 6.23. The average molecular weight is 264 g/mol. The predicted octanol–water partition coefficient (Wildman–Crippen LogP) is 0.909. The van der Waals surface area contributed by atoms with Crippen molar-refractivity contribution < 1.29 is 4.74 Å². The SMILES string of the molecule is CC(N)COc1cnn(CCC(C)(C)C#N)c(=O)c1. The van der Waals surface area contributed by atoms with Crippen molar-refractivity contribution in [1.82, 2.24) is 9.78 Å². The van der Waals surface area contributed by atoms with Gasteiger partial charge in [0.1, 0.15) is 12.4 Å². The molecule has 6 nitrogen and oxygen atoms in total. The summed E-state index contributed by atoms with van der Waals surface area (Å²) in [7, 11) is 0. The number of rotatable bonds is 6. The number of hydrogen-bond acceptors (Lipinski definition) is 5. The van der Waals surface area contributed by atoms with Gasteiger partial charge in [0.15, 0.2) is 0 Å². The Bertz CT molecular complexity index is 514. The van der Waals surface area contributed by atoms with E-state index < -0.39 is 5.41 Å². The minimum atomic E-state index is -0.467. The van der Waals surface area contributed by atoms with Gasteiger partial charge in [0.25, 0.3) is 5.56 Å². The van der Waals surface area contributed by atoms with Crippen LogP contribution < -0.4 is 16.0 Å². The molecule has 0 fully saturated rings. The van der Waals surface area contributed by atoms with Crippen LogP contribution >= 0.6 is 0 Å². The van der Waals surface area contributed by atoms with Crippen molar-refractivity contribution in [2.45, 2.75) is 39.8 Å². The zero-order chi connectivity index (χ0) is 14.5. The number of ether oxygens (including phenoxy) is 1. The normalized spacial score (nSPS) is 12.8. The Hall–Kier alpha value is -1.87. The fourth-order valence-corrected chi connectivity index (χ4v) is 1.33. The molecule has 0 amide bonds. The fourth-order valence-electron chi connectivity index (χ4n) is 1.33. The average Bonchev–Trinajstić information content (AvgIpc) is 2.35. The van der Waals surface area contributed by atoms with E-state index in [-0.39, 0.29) is 11.6 Å². The molecular weight excluding hydrogens is 244 g/mol. The molecule has 0 aliphatic heterocycles. The van der Waals surface area contributed by atoms with Gasteiger partial charge < -0.3 is 10.5 Å². The Morgan fingerprint density at radius 1 is 1.63 bits per heavy atom. The molecule has 1 aromatic heterocycles. The molecule has 0 aromatic carbocycles. The van der Waals surface area contributed by atoms with Gasteiger partial charge in [-0.25, -0.2) is 4.68 Å². The molecule has 6 heteroatoms. The van der Waals surface area contributed by atoms with Gasteiger partial charge in [-0.05, 0) is 27.2 Å². The summed E-state index contributed by atoms with van der Waals surface area (Å²) in [5, 5.41) is 12.9. The molecule has 1 rings (SSSR count). The van der Waals surface area contributed by atoms with E-state index in [2.05, 4.69) is 11.2 Å². The molecule has 104 valence electrons. The summed E-state index contributed by atoms with van der Waals surface area (Å²) in [5.74, 6) is 0.415. The number of hydrogen-bond donors (Lipinski definition) is 1. The van der Waals surface area contributed by atoms with E-state index in [1.165, 1.54) is 16.9 Å². The van der Waals surface area contributed by atoms with Gasteiger partial charge in [-0.1, -0.05) is 0 Å². The lowest BCUT2D eigenvalue weighted by Gasteiger charge is -2.15. The molecule has 1 atom stereocenters. The van der Waals surface area contributed by atoms with Crippen LogP contribution in [0.1, 0.15) is 27.2 Å². The van der Waals surface area contributed by atoms with E-state index in [1.54, 1.807) is 0 Å². The molecule has 1 heterocycles. The first kappa shape index (κ1) is 15.2. The molecule has 0 saturated carbocycles. The van der Waals surface area contributed by atoms with Crippen molar-refractivity contribution in [3.8, 4) is 11.8 Å². The maximum Gasteiger partial charge on any atom is 0.270 e. The zero-order valence-electron chi connectivity index (χ0n) is 11.6. The van der Waals surface area contributed by atoms with E-state index in [9.17, 15) is 4.79 Å². The zero-order valence-corrected chi connectivity index (χ0v) is 11.6. The molecule has 0 saturated heterocycles. The smallest absolute Gasteiger partial charge is 0.270 e. The molecular formula is C13H20N4O2. The maximum atomic E-state index is 11.8. The highest BCUT2D eigenvalue weighted by Crippen LogP contribution is 2.18. The number of nitriles is 1. The van der Waals surface area contributed by atoms with E-state index in [4.69, 9.17) is 15.7 Å². The second-order valence-corrected chi connectivity index (χ2v) is 5.29. The van der Waals surface area contributed by atoms with Crippen molar-refractivity contribution in [2.75, 3.05) is 6.61 Å². The van der Waals surface area contributed by atoms with E-state index >= 15 is 0 Å². The van der Waals surface area contributed by atoms with E-state index in [1.807, 2.05) is 20.8 Å². The Morgan fingerprint density at radius 3 is 2.84 bits per heavy atom. The molecule has 0 aliphatic rings. The van der Waals surface area contributed by atoms with E-state index in [0.29, 0.717) is 25.3 Å². The van der Waals surface area contributed by atoms with Crippen molar-refractivity contribution in [1.29, 1.82) is 5.26 Å². The molecule has 1 unspecified atom stereocenters. The number of aryl methyl sites for hydroxylation is 1. The van der Waals surface area contributed by atoms with Crippen LogP contribution in [0.4, 0.5) is 0 Å². The highest BCUT2D eigenvalue weighted by atomic mass is 16.5. The Morgan fingerprint density at radius 2 is 2.32 bits per heavy atom. The second kappa shape index (κ2) is 6.34. The second-order valence-electron chi connectivity index (χ2n) is 5.29. The van der Waals surface area contributed by atoms with Crippen molar-refractivity contribution in [2.24, 2.45) is 11.1 Å². The lowest BCUT2D eigenvalue weighted by molar-refractivity contribution is 0.291. The maximum absolute atomic E-state index is 11.8. The molecule has 1 aromatic rings. The lowest BCUT2D eigenvalue weighted by atomic mass is 9.92. The van der Waals surface area contributed by atoms with Crippen LogP contribution in [0.3, 0.4) is 0 Å². The van der Waals surface area contributed by atoms with E-state index in [0.717, 1.165) is 0 Å². The third kappa shape index (κ3) is 5.10. The summed E-state index contributed by atoms with van der Waals surface area (Å²) in [6.07, 6.45) is 2.06. The van der Waals surface area contributed by atoms with Gasteiger partial charge in [0.2, 0.25) is 0 Å². The third-order valence-corrected chi connectivity index (χ3v) is 2.61. The molecule has 0 bridgehead atoms. The largest absolute Gasteiger partial charge is 0.490 e. The van der Waals surface area contributed by atoms with Gasteiger partial charge in [-0.15, -0.1) is 0 Å². The standard InChI is InChI=1S/C13H20N4O2/c1-10(15)8-19-11-6-12(18)17(16-7-11)5-4-13(2,3)9-14/h6-7,10H,4-5,8,15H2,1-3H3. The van der Waals surface area contributed by atoms with Gasteiger partial charge in [-0.2, -0.15) is 10.4 Å². The number of nitrogens with two attached hydrogens (primary N) is 1. The molecule has 19 heavy (non-hydrogen) atoms. The minimum Gasteiger partial charge on any atom is -0.490 e. The first-order valence-electron chi connectivity index (χ1n) is 6.21. The molecule has 0 spiro atoms. The number of aromatic nitrogens is 2. The highest BCUT2D eigenvalue weighted by molar-refractivity contribution is 5.13. The third-order valence-electron chi connectivity index (χ3n) is 2.61. The Kier molecular flexibility index (Phi) is 5.07. The lowest BCUT2D eigenvalue weighted by Crippen LogP contribution is -2.27. The summed E-state index contributed by atoms with van der Waals surface area (Å²) in [4.78, 5) is 11.8. The first-order chi connectivity index (χ1) is 8.84. The molecule has 2 N–H and O–H groups in total. The summed E-state index contributed by atoms with van der Waals surface area (Å²) < 4.78 is 6.65. The van der Waals surface area contributed by atoms with Crippen molar-refractivity contribution in [3.63, 3.8) is 0 Å². The van der Waals surface area contributed by atoms with Crippen LogP contribution in [0, 0.1) is 16.7 Å². The van der Waals surface area contributed by atoms with Crippen LogP contribution in [0.15, 0.2) is 17.1 Å². The topological polar surface area (TPSA) is 93.9 Å². The predicted molar refractivity (Wildman–Crippen MR) is 71.7 cm³/mol. The van der Waals surface area contributed by atoms with Gasteiger partial charge in [0.05, 0.1) is 17.7 Å². The first-order valence-corrected chi connectivity index (χ1v) is 6.21. The Labute approximate surface area is 112 Å². The van der Waals surface area contributed by atoms with Crippen LogP contribution in [0.5, 0.6) is 5.75 Å². The quantitative estimate of drug-likeness (QED) is 0.824. The summed E-state index contributed by atoms with van der Waals surface area (Å²) >= 11 is 0. The summed E-state index contributed by atoms with van der Waals surface area (Å²) in [6, 6.07) is 3.48. The molecule has 0 aliphatic carbocycles. The highest BCUT2D eigenvalue weighted by Gasteiger charge is 2.17. The van der Waals surface area contributed by atoms with Crippen molar-refractivity contribution in [3.05, 3.63) is 22.6 Å². The van der Waals surface area contributed by atoms with Gasteiger partial charge in [-0.3, -0.25) is 4.79 Å². The molecule has 0 radical (unpaired) electrons. The van der Waals surface area contributed by atoms with Gasteiger partial charge in [0, 0.05) is 18.7 Å². The minimum absolute atomic E-state index is 0.0983. The fraction of sp³-hybridized carbons (Fsp3) is 0.615. The van der Waals surface area contributed by atoms with Gasteiger partial charge >= 0.3 is 0 Å². The van der Waals surface area contributed by atoms with Crippen LogP contribution in [-0.4, -0.2) is 22.4 Å². The Balaban J connectivity index is 2.68. The summed E-state index contributed by atoms with van der Waals surface area (Å²) in [5.41, 5.74) is 4.85. The van der Waals surface area contributed by atoms with Crippen LogP contribution in [-0.2, 0) is 6.54 Å². The number of nitrogens with zero attached hydrogens (tertiary/aromatic N) is 3. The van der Waals surface area contributed by atoms with Crippen LogP contribution in [0.25, 0.3) is 0 Å². The van der Waals surface area contributed by atoms with Crippen LogP contribution in [0.2, 0.25) is 0 Å². The monoisotopic (exact) mass is 264 g/mol.